The van der Waals surface area contributed by atoms with E-state index in [4.69, 9.17) is 10.2 Å². The van der Waals surface area contributed by atoms with Crippen molar-refractivity contribution >= 4 is 11.9 Å². The summed E-state index contributed by atoms with van der Waals surface area (Å²) in [6.07, 6.45) is 0. The predicted octanol–water partition coefficient (Wildman–Crippen LogP) is -1.60. The van der Waals surface area contributed by atoms with Crippen LogP contribution in [0.15, 0.2) is 0 Å². The molecule has 0 bridgehead atoms. The molecular formula is C9H16N2O4. The molecule has 1 amide bonds. The monoisotopic (exact) mass is 216 g/mol. The second kappa shape index (κ2) is 5.09. The van der Waals surface area contributed by atoms with Crippen LogP contribution in [0.1, 0.15) is 6.92 Å². The van der Waals surface area contributed by atoms with Crippen LogP contribution >= 0.6 is 0 Å². The SMILES string of the molecule is CC(C(=O)NC(CO)C(=O)O)C1CNC1. The number of carbonyl (C=O) groups is 2. The third-order valence-electron chi connectivity index (χ3n) is 2.73. The van der Waals surface area contributed by atoms with Gasteiger partial charge in [-0.15, -0.1) is 0 Å². The highest BCUT2D eigenvalue weighted by atomic mass is 16.4. The van der Waals surface area contributed by atoms with Crippen molar-refractivity contribution in [2.75, 3.05) is 19.7 Å². The van der Waals surface area contributed by atoms with Gasteiger partial charge in [0.05, 0.1) is 6.61 Å². The number of aliphatic carboxylic acids is 1. The molecule has 2 atom stereocenters. The standard InChI is InChI=1S/C9H16N2O4/c1-5(6-2-10-3-6)8(13)11-7(4-12)9(14)15/h5-7,10,12H,2-4H2,1H3,(H,11,13)(H,14,15). The van der Waals surface area contributed by atoms with E-state index in [9.17, 15) is 9.59 Å². The molecule has 1 fully saturated rings. The lowest BCUT2D eigenvalue weighted by Gasteiger charge is -2.32. The number of rotatable bonds is 5. The molecule has 6 heteroatoms. The van der Waals surface area contributed by atoms with Crippen molar-refractivity contribution in [3.8, 4) is 0 Å². The number of carboxylic acids is 1. The average Bonchev–Trinajstić information content (AvgIpc) is 2.10. The Morgan fingerprint density at radius 1 is 1.53 bits per heavy atom. The van der Waals surface area contributed by atoms with Gasteiger partial charge in [-0.05, 0) is 19.0 Å². The summed E-state index contributed by atoms with van der Waals surface area (Å²) < 4.78 is 0. The van der Waals surface area contributed by atoms with E-state index >= 15 is 0 Å². The van der Waals surface area contributed by atoms with Gasteiger partial charge >= 0.3 is 5.97 Å². The molecule has 0 aromatic rings. The summed E-state index contributed by atoms with van der Waals surface area (Å²) in [5.41, 5.74) is 0. The number of nitrogens with one attached hydrogen (secondary N) is 2. The van der Waals surface area contributed by atoms with Gasteiger partial charge in [-0.2, -0.15) is 0 Å². The van der Waals surface area contributed by atoms with E-state index in [0.717, 1.165) is 13.1 Å². The predicted molar refractivity (Wildman–Crippen MR) is 52.2 cm³/mol. The van der Waals surface area contributed by atoms with Crippen LogP contribution < -0.4 is 10.6 Å². The molecule has 1 aliphatic rings. The second-order valence-corrected chi connectivity index (χ2v) is 3.79. The summed E-state index contributed by atoms with van der Waals surface area (Å²) in [6, 6.07) is -1.20. The Kier molecular flexibility index (Phi) is 4.05. The van der Waals surface area contributed by atoms with E-state index in [1.807, 2.05) is 0 Å². The fraction of sp³-hybridized carbons (Fsp3) is 0.778. The smallest absolute Gasteiger partial charge is 0.328 e. The summed E-state index contributed by atoms with van der Waals surface area (Å²) in [5.74, 6) is -1.49. The summed E-state index contributed by atoms with van der Waals surface area (Å²) in [5, 5.41) is 22.7. The number of hydrogen-bond donors (Lipinski definition) is 4. The molecule has 2 unspecified atom stereocenters. The Bertz CT molecular complexity index is 252. The van der Waals surface area contributed by atoms with Crippen LogP contribution in [0.3, 0.4) is 0 Å². The van der Waals surface area contributed by atoms with E-state index in [1.165, 1.54) is 0 Å². The molecule has 1 aliphatic heterocycles. The van der Waals surface area contributed by atoms with Crippen molar-refractivity contribution in [1.29, 1.82) is 0 Å². The highest BCUT2D eigenvalue weighted by molar-refractivity contribution is 5.85. The first-order valence-electron chi connectivity index (χ1n) is 4.91. The van der Waals surface area contributed by atoms with Gasteiger partial charge in [-0.25, -0.2) is 4.79 Å². The summed E-state index contributed by atoms with van der Waals surface area (Å²) in [7, 11) is 0. The van der Waals surface area contributed by atoms with Gasteiger partial charge in [0.2, 0.25) is 5.91 Å². The van der Waals surface area contributed by atoms with Crippen LogP contribution in [0, 0.1) is 11.8 Å². The Morgan fingerprint density at radius 3 is 2.47 bits per heavy atom. The lowest BCUT2D eigenvalue weighted by Crippen LogP contribution is -2.52. The van der Waals surface area contributed by atoms with E-state index in [0.29, 0.717) is 0 Å². The van der Waals surface area contributed by atoms with Crippen molar-refractivity contribution < 1.29 is 19.8 Å². The second-order valence-electron chi connectivity index (χ2n) is 3.79. The van der Waals surface area contributed by atoms with Crippen molar-refractivity contribution in [3.05, 3.63) is 0 Å². The lowest BCUT2D eigenvalue weighted by molar-refractivity contribution is -0.144. The minimum absolute atomic E-state index is 0.223. The zero-order valence-corrected chi connectivity index (χ0v) is 8.56. The normalized spacial score (nSPS) is 20.1. The molecule has 86 valence electrons. The quantitative estimate of drug-likeness (QED) is 0.444. The first-order chi connectivity index (χ1) is 7.06. The maximum Gasteiger partial charge on any atom is 0.328 e. The Morgan fingerprint density at radius 2 is 2.13 bits per heavy atom. The molecule has 0 spiro atoms. The van der Waals surface area contributed by atoms with Crippen molar-refractivity contribution in [2.45, 2.75) is 13.0 Å². The van der Waals surface area contributed by atoms with E-state index in [1.54, 1.807) is 6.92 Å². The summed E-state index contributed by atoms with van der Waals surface area (Å²) in [6.45, 7) is 2.74. The van der Waals surface area contributed by atoms with Crippen LogP contribution in [-0.4, -0.2) is 47.8 Å². The van der Waals surface area contributed by atoms with Gasteiger partial charge in [-0.3, -0.25) is 4.79 Å². The van der Waals surface area contributed by atoms with Crippen LogP contribution in [-0.2, 0) is 9.59 Å². The fourth-order valence-corrected chi connectivity index (χ4v) is 1.37. The minimum Gasteiger partial charge on any atom is -0.480 e. The largest absolute Gasteiger partial charge is 0.480 e. The molecule has 15 heavy (non-hydrogen) atoms. The molecule has 4 N–H and O–H groups in total. The molecular weight excluding hydrogens is 200 g/mol. The summed E-state index contributed by atoms with van der Waals surface area (Å²) >= 11 is 0. The van der Waals surface area contributed by atoms with Gasteiger partial charge in [0.25, 0.3) is 0 Å². The van der Waals surface area contributed by atoms with Gasteiger partial charge in [0.1, 0.15) is 6.04 Å². The van der Waals surface area contributed by atoms with Crippen LogP contribution in [0.4, 0.5) is 0 Å². The highest BCUT2D eigenvalue weighted by Crippen LogP contribution is 2.15. The third kappa shape index (κ3) is 2.90. The average molecular weight is 216 g/mol. The minimum atomic E-state index is -1.22. The van der Waals surface area contributed by atoms with E-state index < -0.39 is 18.6 Å². The maximum atomic E-state index is 11.5. The van der Waals surface area contributed by atoms with Gasteiger partial charge in [-0.1, -0.05) is 6.92 Å². The van der Waals surface area contributed by atoms with Crippen LogP contribution in [0.5, 0.6) is 0 Å². The highest BCUT2D eigenvalue weighted by Gasteiger charge is 2.30. The number of aliphatic hydroxyl groups excluding tert-OH is 1. The van der Waals surface area contributed by atoms with Crippen molar-refractivity contribution in [1.82, 2.24) is 10.6 Å². The number of amides is 1. The van der Waals surface area contributed by atoms with Crippen LogP contribution in [0.2, 0.25) is 0 Å². The molecule has 0 aliphatic carbocycles. The zero-order valence-electron chi connectivity index (χ0n) is 8.56. The number of carboxylic acid groups (broad SMARTS) is 1. The lowest BCUT2D eigenvalue weighted by atomic mass is 9.88. The molecule has 1 saturated heterocycles. The molecule has 0 radical (unpaired) electrons. The van der Waals surface area contributed by atoms with Gasteiger partial charge < -0.3 is 20.8 Å². The molecule has 0 saturated carbocycles. The Hall–Kier alpha value is -1.14. The zero-order chi connectivity index (χ0) is 11.4. The fourth-order valence-electron chi connectivity index (χ4n) is 1.37. The Labute approximate surface area is 87.7 Å². The molecule has 6 nitrogen and oxygen atoms in total. The van der Waals surface area contributed by atoms with Crippen molar-refractivity contribution in [2.24, 2.45) is 11.8 Å². The van der Waals surface area contributed by atoms with E-state index in [-0.39, 0.29) is 17.7 Å². The number of carbonyl (C=O) groups excluding carboxylic acids is 1. The van der Waals surface area contributed by atoms with Crippen LogP contribution in [0.25, 0.3) is 0 Å². The molecule has 1 rings (SSSR count). The van der Waals surface area contributed by atoms with E-state index in [2.05, 4.69) is 10.6 Å². The number of hydrogen-bond acceptors (Lipinski definition) is 4. The van der Waals surface area contributed by atoms with Crippen molar-refractivity contribution in [3.63, 3.8) is 0 Å². The first kappa shape index (κ1) is 11.9. The Balaban J connectivity index is 2.42. The molecule has 0 aromatic carbocycles. The topological polar surface area (TPSA) is 98.7 Å². The molecule has 0 aromatic heterocycles. The first-order valence-corrected chi connectivity index (χ1v) is 4.91. The van der Waals surface area contributed by atoms with Gasteiger partial charge in [0, 0.05) is 5.92 Å². The number of aliphatic hydroxyl groups is 1. The molecule has 1 heterocycles. The third-order valence-corrected chi connectivity index (χ3v) is 2.73. The van der Waals surface area contributed by atoms with Gasteiger partial charge in [0.15, 0.2) is 0 Å². The maximum absolute atomic E-state index is 11.5. The summed E-state index contributed by atoms with van der Waals surface area (Å²) in [4.78, 5) is 22.1.